The standard InChI is InChI=1S/C12H22O4Si/c1-12(2,3)17(4,5)15-8-10-9(13)6-7-11(14)16-10/h10H,6-8H2,1-5H3/t10-/m1/s1. The van der Waals surface area contributed by atoms with Crippen LogP contribution in [0.4, 0.5) is 0 Å². The lowest BCUT2D eigenvalue weighted by atomic mass is 10.1. The Kier molecular flexibility index (Phi) is 4.14. The minimum absolute atomic E-state index is 0.0247. The van der Waals surface area contributed by atoms with Crippen molar-refractivity contribution < 1.29 is 18.8 Å². The summed E-state index contributed by atoms with van der Waals surface area (Å²) in [5.41, 5.74) is 0. The van der Waals surface area contributed by atoms with Crippen LogP contribution in [0.25, 0.3) is 0 Å². The minimum Gasteiger partial charge on any atom is -0.452 e. The third kappa shape index (κ3) is 3.64. The first-order chi connectivity index (χ1) is 7.63. The molecule has 1 atom stereocenters. The molecule has 0 amide bonds. The molecule has 0 aromatic carbocycles. The van der Waals surface area contributed by atoms with Crippen LogP contribution in [0.5, 0.6) is 0 Å². The van der Waals surface area contributed by atoms with E-state index in [1.807, 2.05) is 0 Å². The fourth-order valence-corrected chi connectivity index (χ4v) is 2.30. The molecule has 4 nitrogen and oxygen atoms in total. The molecule has 0 aliphatic carbocycles. The number of rotatable bonds is 3. The highest BCUT2D eigenvalue weighted by molar-refractivity contribution is 6.74. The topological polar surface area (TPSA) is 52.6 Å². The molecule has 0 saturated carbocycles. The van der Waals surface area contributed by atoms with Crippen LogP contribution in [0.15, 0.2) is 0 Å². The van der Waals surface area contributed by atoms with Crippen molar-refractivity contribution >= 4 is 20.1 Å². The van der Waals surface area contributed by atoms with E-state index in [0.717, 1.165) is 0 Å². The maximum Gasteiger partial charge on any atom is 0.307 e. The lowest BCUT2D eigenvalue weighted by Crippen LogP contribution is -2.45. The van der Waals surface area contributed by atoms with Gasteiger partial charge in [-0.15, -0.1) is 0 Å². The van der Waals surface area contributed by atoms with Gasteiger partial charge in [-0.2, -0.15) is 0 Å². The summed E-state index contributed by atoms with van der Waals surface area (Å²) < 4.78 is 10.9. The van der Waals surface area contributed by atoms with Gasteiger partial charge < -0.3 is 9.16 Å². The zero-order valence-electron chi connectivity index (χ0n) is 11.3. The number of hydrogen-bond donors (Lipinski definition) is 0. The second kappa shape index (κ2) is 4.90. The van der Waals surface area contributed by atoms with Gasteiger partial charge in [0.25, 0.3) is 0 Å². The van der Waals surface area contributed by atoms with Crippen molar-refractivity contribution in [1.82, 2.24) is 0 Å². The van der Waals surface area contributed by atoms with Crippen LogP contribution in [0.2, 0.25) is 18.1 Å². The van der Waals surface area contributed by atoms with E-state index >= 15 is 0 Å². The molecule has 0 spiro atoms. The molecule has 17 heavy (non-hydrogen) atoms. The van der Waals surface area contributed by atoms with Crippen LogP contribution < -0.4 is 0 Å². The Bertz CT molecular complexity index is 317. The first kappa shape index (κ1) is 14.4. The maximum absolute atomic E-state index is 11.6. The summed E-state index contributed by atoms with van der Waals surface area (Å²) in [5, 5.41) is 0.0920. The van der Waals surface area contributed by atoms with Crippen LogP contribution in [-0.4, -0.2) is 32.8 Å². The molecule has 0 unspecified atom stereocenters. The van der Waals surface area contributed by atoms with Crippen molar-refractivity contribution in [2.75, 3.05) is 6.61 Å². The van der Waals surface area contributed by atoms with Gasteiger partial charge in [-0.25, -0.2) is 0 Å². The number of ether oxygens (including phenoxy) is 1. The number of ketones is 1. The first-order valence-corrected chi connectivity index (χ1v) is 8.90. The fraction of sp³-hybridized carbons (Fsp3) is 0.833. The Morgan fingerprint density at radius 3 is 2.41 bits per heavy atom. The van der Waals surface area contributed by atoms with Gasteiger partial charge >= 0.3 is 5.97 Å². The van der Waals surface area contributed by atoms with Crippen LogP contribution in [-0.2, 0) is 18.8 Å². The highest BCUT2D eigenvalue weighted by Crippen LogP contribution is 2.36. The normalized spacial score (nSPS) is 22.5. The number of cyclic esters (lactones) is 1. The number of Topliss-reactive ketones (excluding diaryl/α,β-unsaturated/α-hetero) is 1. The number of carbonyl (C=O) groups is 2. The van der Waals surface area contributed by atoms with E-state index in [-0.39, 0.29) is 36.2 Å². The molecule has 1 saturated heterocycles. The molecule has 0 aromatic rings. The average molecular weight is 258 g/mol. The van der Waals surface area contributed by atoms with Gasteiger partial charge in [0.05, 0.1) is 13.0 Å². The summed E-state index contributed by atoms with van der Waals surface area (Å²) in [5.74, 6) is -0.322. The van der Waals surface area contributed by atoms with Crippen molar-refractivity contribution in [1.29, 1.82) is 0 Å². The Hall–Kier alpha value is -0.683. The molecule has 0 aromatic heterocycles. The summed E-state index contributed by atoms with van der Waals surface area (Å²) in [4.78, 5) is 22.7. The van der Waals surface area contributed by atoms with Crippen LogP contribution in [0, 0.1) is 0 Å². The van der Waals surface area contributed by atoms with E-state index in [9.17, 15) is 9.59 Å². The molecule has 0 bridgehead atoms. The monoisotopic (exact) mass is 258 g/mol. The first-order valence-electron chi connectivity index (χ1n) is 5.99. The van der Waals surface area contributed by atoms with Crippen molar-refractivity contribution in [2.24, 2.45) is 0 Å². The Labute approximate surface area is 104 Å². The molecule has 0 radical (unpaired) electrons. The molecule has 0 N–H and O–H groups in total. The average Bonchev–Trinajstić information content (AvgIpc) is 2.18. The third-order valence-electron chi connectivity index (χ3n) is 3.61. The predicted octanol–water partition coefficient (Wildman–Crippen LogP) is 2.28. The number of esters is 1. The van der Waals surface area contributed by atoms with E-state index in [1.165, 1.54) is 0 Å². The van der Waals surface area contributed by atoms with Gasteiger partial charge in [0, 0.05) is 6.42 Å². The highest BCUT2D eigenvalue weighted by Gasteiger charge is 2.39. The van der Waals surface area contributed by atoms with E-state index in [1.54, 1.807) is 0 Å². The third-order valence-corrected chi connectivity index (χ3v) is 8.11. The largest absolute Gasteiger partial charge is 0.452 e. The molecular formula is C12H22O4Si. The van der Waals surface area contributed by atoms with Crippen LogP contribution >= 0.6 is 0 Å². The summed E-state index contributed by atoms with van der Waals surface area (Å²) in [7, 11) is -1.88. The van der Waals surface area contributed by atoms with E-state index in [2.05, 4.69) is 33.9 Å². The molecule has 1 aliphatic rings. The minimum atomic E-state index is -1.88. The summed E-state index contributed by atoms with van der Waals surface area (Å²) in [6.07, 6.45) is -0.204. The second-order valence-corrected chi connectivity index (χ2v) is 10.8. The van der Waals surface area contributed by atoms with E-state index in [0.29, 0.717) is 0 Å². The zero-order valence-corrected chi connectivity index (χ0v) is 12.3. The molecular weight excluding hydrogens is 236 g/mol. The van der Waals surface area contributed by atoms with Crippen molar-refractivity contribution in [3.8, 4) is 0 Å². The predicted molar refractivity (Wildman–Crippen MR) is 67.3 cm³/mol. The number of hydrogen-bond acceptors (Lipinski definition) is 4. The van der Waals surface area contributed by atoms with E-state index < -0.39 is 14.4 Å². The van der Waals surface area contributed by atoms with Gasteiger partial charge in [-0.1, -0.05) is 20.8 Å². The molecule has 1 heterocycles. The SMILES string of the molecule is CC(C)(C)[Si](C)(C)OC[C@H]1OC(=O)CCC1=O. The van der Waals surface area contributed by atoms with E-state index in [4.69, 9.17) is 9.16 Å². The van der Waals surface area contributed by atoms with Crippen LogP contribution in [0.1, 0.15) is 33.6 Å². The molecule has 1 fully saturated rings. The molecule has 1 rings (SSSR count). The fourth-order valence-electron chi connectivity index (χ4n) is 1.30. The smallest absolute Gasteiger partial charge is 0.307 e. The summed E-state index contributed by atoms with van der Waals surface area (Å²) in [6.45, 7) is 10.8. The van der Waals surface area contributed by atoms with Crippen molar-refractivity contribution in [3.05, 3.63) is 0 Å². The quantitative estimate of drug-likeness (QED) is 0.575. The highest BCUT2D eigenvalue weighted by atomic mass is 28.4. The van der Waals surface area contributed by atoms with Gasteiger partial charge in [0.2, 0.25) is 0 Å². The van der Waals surface area contributed by atoms with Crippen molar-refractivity contribution in [2.45, 2.75) is 57.8 Å². The Balaban J connectivity index is 2.55. The van der Waals surface area contributed by atoms with Crippen LogP contribution in [0.3, 0.4) is 0 Å². The summed E-state index contributed by atoms with van der Waals surface area (Å²) in [6, 6.07) is 0. The van der Waals surface area contributed by atoms with Gasteiger partial charge in [0.1, 0.15) is 0 Å². The zero-order chi connectivity index (χ0) is 13.3. The lowest BCUT2D eigenvalue weighted by Gasteiger charge is -2.37. The molecule has 98 valence electrons. The second-order valence-electron chi connectivity index (χ2n) is 6.02. The Morgan fingerprint density at radius 1 is 1.29 bits per heavy atom. The summed E-state index contributed by atoms with van der Waals surface area (Å²) >= 11 is 0. The maximum atomic E-state index is 11.6. The Morgan fingerprint density at radius 2 is 1.88 bits per heavy atom. The van der Waals surface area contributed by atoms with Gasteiger partial charge in [-0.05, 0) is 18.1 Å². The van der Waals surface area contributed by atoms with Crippen molar-refractivity contribution in [3.63, 3.8) is 0 Å². The molecule has 1 aliphatic heterocycles. The number of carbonyl (C=O) groups excluding carboxylic acids is 2. The van der Waals surface area contributed by atoms with Gasteiger partial charge in [-0.3, -0.25) is 9.59 Å². The molecule has 5 heteroatoms. The lowest BCUT2D eigenvalue weighted by molar-refractivity contribution is -0.163. The van der Waals surface area contributed by atoms with Gasteiger partial charge in [0.15, 0.2) is 20.2 Å².